The minimum absolute atomic E-state index is 0.144. The molecule has 104 heavy (non-hydrogen) atoms. The molecule has 33 nitrogen and oxygen atoms in total. The first-order valence-electron chi connectivity index (χ1n) is 38.2. The smallest absolute Gasteiger partial charge is 0.364 e. The van der Waals surface area contributed by atoms with Crippen LogP contribution in [-0.2, 0) is 61.8 Å². The predicted octanol–water partition coefficient (Wildman–Crippen LogP) is -1.22. The lowest BCUT2D eigenvalue weighted by atomic mass is 9.88. The Bertz CT molecular complexity index is 2380. The second-order valence-corrected chi connectivity index (χ2v) is 28.6. The third-order valence-corrected chi connectivity index (χ3v) is 20.3. The molecule has 2 amide bonds. The molecule has 5 saturated heterocycles. The quantitative estimate of drug-likeness (QED) is 0.0251. The van der Waals surface area contributed by atoms with Crippen molar-refractivity contribution in [2.24, 2.45) is 5.73 Å². The Kier molecular flexibility index (Phi) is 42.9. The van der Waals surface area contributed by atoms with E-state index in [1.807, 2.05) is 6.08 Å². The first-order valence-corrected chi connectivity index (χ1v) is 38.2. The maximum absolute atomic E-state index is 13.6. The average molecular weight is 1500 g/mol. The van der Waals surface area contributed by atoms with Gasteiger partial charge in [0, 0.05) is 19.8 Å². The number of ether oxygens (including phenoxy) is 10. The topological polar surface area (TPSA) is 538 Å². The minimum atomic E-state index is -3.30. The number of amides is 2. The third kappa shape index (κ3) is 27.8. The fourth-order valence-electron chi connectivity index (χ4n) is 13.9. The van der Waals surface area contributed by atoms with Crippen molar-refractivity contribution in [1.29, 1.82) is 0 Å². The van der Waals surface area contributed by atoms with Gasteiger partial charge in [-0.05, 0) is 19.3 Å². The Balaban J connectivity index is 1.37. The Labute approximate surface area is 610 Å². The van der Waals surface area contributed by atoms with Crippen molar-refractivity contribution in [1.82, 2.24) is 10.6 Å². The second-order valence-electron chi connectivity index (χ2n) is 28.6. The van der Waals surface area contributed by atoms with Gasteiger partial charge in [-0.15, -0.1) is 0 Å². The van der Waals surface area contributed by atoms with E-state index in [4.69, 9.17) is 53.1 Å². The zero-order chi connectivity index (χ0) is 76.5. The lowest BCUT2D eigenvalue weighted by Crippen LogP contribution is -2.72. The molecule has 5 fully saturated rings. The van der Waals surface area contributed by atoms with Crippen molar-refractivity contribution in [2.45, 2.75) is 378 Å². The molecule has 0 spiro atoms. The van der Waals surface area contributed by atoms with Crippen LogP contribution < -0.4 is 16.4 Å². The number of nitrogens with two attached hydrogens (primary N) is 1. The van der Waals surface area contributed by atoms with E-state index < -0.39 is 229 Å². The summed E-state index contributed by atoms with van der Waals surface area (Å²) in [6.07, 6.45) is -15.6. The van der Waals surface area contributed by atoms with E-state index in [1.54, 1.807) is 6.08 Å². The zero-order valence-electron chi connectivity index (χ0n) is 61.0. The van der Waals surface area contributed by atoms with Gasteiger partial charge in [0.05, 0.1) is 63.9 Å². The number of hydrogen-bond donors (Lipinski definition) is 20. The molecule has 0 aromatic rings. The number of unbranched alkanes of at least 4 members (excludes halogenated alkanes) is 25. The highest BCUT2D eigenvalue weighted by Gasteiger charge is 2.62. The number of carbonyl (C=O) groups is 3. The number of hydrogen-bond acceptors (Lipinski definition) is 30. The zero-order valence-corrected chi connectivity index (χ0v) is 61.0. The van der Waals surface area contributed by atoms with Crippen molar-refractivity contribution in [3.63, 3.8) is 0 Å². The molecule has 28 atom stereocenters. The van der Waals surface area contributed by atoms with Crippen molar-refractivity contribution >= 4 is 17.8 Å². The summed E-state index contributed by atoms with van der Waals surface area (Å²) in [6, 6.07) is -4.71. The van der Waals surface area contributed by atoms with E-state index in [2.05, 4.69) is 24.5 Å². The number of aliphatic carboxylic acids is 1. The number of aliphatic hydroxyl groups is 16. The van der Waals surface area contributed by atoms with E-state index in [-0.39, 0.29) is 12.3 Å². The van der Waals surface area contributed by atoms with Crippen LogP contribution in [0.3, 0.4) is 0 Å². The molecular weight excluding hydrogens is 1370 g/mol. The number of aliphatic hydroxyl groups excluding tert-OH is 16. The molecule has 5 heterocycles. The molecule has 0 aliphatic carbocycles. The van der Waals surface area contributed by atoms with Gasteiger partial charge in [-0.1, -0.05) is 180 Å². The number of carboxylic acids is 1. The lowest BCUT2D eigenvalue weighted by Gasteiger charge is -2.52. The summed E-state index contributed by atoms with van der Waals surface area (Å²) in [6.45, 7) is -0.506. The van der Waals surface area contributed by atoms with Gasteiger partial charge in [-0.3, -0.25) is 9.59 Å². The summed E-state index contributed by atoms with van der Waals surface area (Å²) in [7, 11) is 0. The molecule has 608 valence electrons. The van der Waals surface area contributed by atoms with Crippen molar-refractivity contribution in [3.8, 4) is 0 Å². The Morgan fingerprint density at radius 3 is 1.50 bits per heavy atom. The van der Waals surface area contributed by atoms with E-state index in [9.17, 15) is 101 Å². The molecule has 5 rings (SSSR count). The molecule has 0 radical (unpaired) electrons. The summed E-state index contributed by atoms with van der Waals surface area (Å²) in [5, 5.41) is 193. The molecule has 5 aliphatic rings. The largest absolute Gasteiger partial charge is 0.477 e. The molecule has 0 aromatic heterocycles. The van der Waals surface area contributed by atoms with Crippen LogP contribution in [0.25, 0.3) is 0 Å². The number of rotatable bonds is 51. The fraction of sp³-hybridized carbons (Fsp3) is 0.930. The highest BCUT2D eigenvalue weighted by atomic mass is 16.8. The van der Waals surface area contributed by atoms with Crippen LogP contribution in [0.2, 0.25) is 0 Å². The lowest BCUT2D eigenvalue weighted by molar-refractivity contribution is -0.403. The fourth-order valence-corrected chi connectivity index (χ4v) is 13.9. The van der Waals surface area contributed by atoms with Crippen molar-refractivity contribution in [3.05, 3.63) is 12.2 Å². The Morgan fingerprint density at radius 1 is 0.529 bits per heavy atom. The molecule has 4 unspecified atom stereocenters. The minimum Gasteiger partial charge on any atom is -0.477 e. The van der Waals surface area contributed by atoms with Gasteiger partial charge in [0.25, 0.3) is 5.79 Å². The molecule has 33 heteroatoms. The number of nitrogens with one attached hydrogen (secondary N) is 2. The summed E-state index contributed by atoms with van der Waals surface area (Å²) >= 11 is 0. The highest BCUT2D eigenvalue weighted by molar-refractivity contribution is 5.76. The third-order valence-electron chi connectivity index (χ3n) is 20.3. The van der Waals surface area contributed by atoms with Gasteiger partial charge in [0.15, 0.2) is 25.2 Å². The van der Waals surface area contributed by atoms with Crippen molar-refractivity contribution < 1.29 is 149 Å². The second kappa shape index (κ2) is 48.7. The number of carbonyl (C=O) groups excluding carboxylic acids is 2. The van der Waals surface area contributed by atoms with Gasteiger partial charge >= 0.3 is 5.97 Å². The Morgan fingerprint density at radius 2 is 0.981 bits per heavy atom. The molecule has 0 bridgehead atoms. The normalized spacial score (nSPS) is 35.3. The van der Waals surface area contributed by atoms with E-state index in [0.717, 1.165) is 58.3 Å². The van der Waals surface area contributed by atoms with Crippen LogP contribution in [0, 0.1) is 0 Å². The van der Waals surface area contributed by atoms with Crippen LogP contribution in [0.15, 0.2) is 12.2 Å². The summed E-state index contributed by atoms with van der Waals surface area (Å²) < 4.78 is 59.8. The highest BCUT2D eigenvalue weighted by Crippen LogP contribution is 2.41. The van der Waals surface area contributed by atoms with Gasteiger partial charge in [-0.2, -0.15) is 0 Å². The van der Waals surface area contributed by atoms with Crippen LogP contribution >= 0.6 is 0 Å². The van der Waals surface area contributed by atoms with E-state index >= 15 is 0 Å². The van der Waals surface area contributed by atoms with E-state index in [0.29, 0.717) is 12.8 Å². The van der Waals surface area contributed by atoms with Crippen molar-refractivity contribution in [2.75, 3.05) is 39.6 Å². The van der Waals surface area contributed by atoms with Gasteiger partial charge < -0.3 is 151 Å². The SMILES string of the molecule is CCCCCCCCCCCCC/C=C/C(O)C(CO[C@@H]1O[C@H](CO)[C@@H](O[C@@H]2O[C@H](CO)[C@H](O[C@@H]3O[C@H](CO)[C@H](O)[C@H](O[C@@H]4O[C@H](CO)[C@H](O)[C@H](O)[C@H]4O)[C@H]3NC(C)=O)[C@H](O[C@]3(C(=O)O)C[C@@H](O)[C@H](N)[C@@H](C(O)C(O)CO)O3)[C@H]2O)[C@H](O)[C@H]1O)NC(=O)CCCCCCCCCCCCCCCCC. The summed E-state index contributed by atoms with van der Waals surface area (Å²) in [5.41, 5.74) is 6.16. The average Bonchev–Trinajstić information content (AvgIpc) is 0.742. The molecular formula is C71H129N3O30. The van der Waals surface area contributed by atoms with Gasteiger partial charge in [0.1, 0.15) is 116 Å². The monoisotopic (exact) mass is 1500 g/mol. The van der Waals surface area contributed by atoms with Gasteiger partial charge in [0.2, 0.25) is 11.8 Å². The summed E-state index contributed by atoms with van der Waals surface area (Å²) in [5.74, 6) is -6.69. The number of allylic oxidation sites excluding steroid dienone is 1. The molecule has 21 N–H and O–H groups in total. The first kappa shape index (κ1) is 91.7. The van der Waals surface area contributed by atoms with Crippen LogP contribution in [0.4, 0.5) is 0 Å². The Hall–Kier alpha value is -2.93. The molecule has 5 aliphatic heterocycles. The van der Waals surface area contributed by atoms with Crippen LogP contribution in [-0.4, -0.2) is 315 Å². The maximum Gasteiger partial charge on any atom is 0.364 e. The number of carboxylic acid groups (broad SMARTS) is 1. The van der Waals surface area contributed by atoms with Crippen LogP contribution in [0.1, 0.15) is 207 Å². The van der Waals surface area contributed by atoms with E-state index in [1.165, 1.54) is 109 Å². The first-order chi connectivity index (χ1) is 49.9. The van der Waals surface area contributed by atoms with Crippen LogP contribution in [0.5, 0.6) is 0 Å². The summed E-state index contributed by atoms with van der Waals surface area (Å²) in [4.78, 5) is 40.3. The van der Waals surface area contributed by atoms with Gasteiger partial charge in [-0.25, -0.2) is 4.79 Å². The molecule has 0 saturated carbocycles. The standard InChI is InChI=1S/C71H129N3O30/c1-4-6-8-10-12-14-16-18-19-21-23-25-27-29-31-33-50(84)74-42(43(81)32-30-28-26-24-22-20-17-15-13-11-9-7-5-2)40-95-67-59(91)57(89)61(48(38-78)98-67)100-69-60(92)65(104-71(70(93)94)34-44(82)51(72)63(103-71)53(85)45(83)35-75)62(49(39-79)99-69)101-66-52(73-41(3)80)64(55(87)47(37-77)96-66)102-68-58(90)56(88)54(86)46(36-76)97-68/h30,32,42-49,51-69,75-79,81-83,85-92H,4-29,31,33-40,72H2,1-3H3,(H,73,80)(H,74,84)(H,93,94)/b32-30+/t42?,43?,44-,45?,46-,47-,48-,49-,51+,52-,53?,54+,55+,56+,57-,58-,59-,60-,61-,62+,63+,64-,65-,66+,67-,68+,69+,71+/m1/s1. The predicted molar refractivity (Wildman–Crippen MR) is 369 cm³/mol. The molecule has 0 aromatic carbocycles. The maximum atomic E-state index is 13.6.